The number of nitrogens with zero attached hydrogens (tertiary/aromatic N) is 1. The van der Waals surface area contributed by atoms with E-state index in [9.17, 15) is 0 Å². The van der Waals surface area contributed by atoms with E-state index in [-0.39, 0.29) is 0 Å². The second-order valence-electron chi connectivity index (χ2n) is 2.17. The van der Waals surface area contributed by atoms with E-state index in [2.05, 4.69) is 18.0 Å². The summed E-state index contributed by atoms with van der Waals surface area (Å²) < 4.78 is 0. The van der Waals surface area contributed by atoms with Crippen LogP contribution in [-0.2, 0) is 0 Å². The van der Waals surface area contributed by atoms with Crippen molar-refractivity contribution in [3.63, 3.8) is 0 Å². The van der Waals surface area contributed by atoms with Crippen molar-refractivity contribution in [3.05, 3.63) is 17.7 Å². The highest BCUT2D eigenvalue weighted by molar-refractivity contribution is 6.00. The smallest absolute Gasteiger partial charge is 0.105 e. The molecule has 0 aromatic rings. The summed E-state index contributed by atoms with van der Waals surface area (Å²) in [5.74, 6) is 0. The van der Waals surface area contributed by atoms with Crippen LogP contribution in [-0.4, -0.2) is 5.71 Å². The SMILES string of the molecule is C[C]1C=C(C)C(C)=N1. The highest BCUT2D eigenvalue weighted by Crippen LogP contribution is 2.16. The minimum atomic E-state index is 1.13. The Hall–Kier alpha value is -0.590. The largest absolute Gasteiger partial charge is 0.276 e. The second-order valence-corrected chi connectivity index (χ2v) is 2.17. The molecule has 0 unspecified atom stereocenters. The van der Waals surface area contributed by atoms with Gasteiger partial charge in [0.2, 0.25) is 0 Å². The maximum absolute atomic E-state index is 4.21. The van der Waals surface area contributed by atoms with Gasteiger partial charge in [0.15, 0.2) is 0 Å². The first-order valence-electron chi connectivity index (χ1n) is 2.77. The van der Waals surface area contributed by atoms with Crippen LogP contribution in [0.15, 0.2) is 16.6 Å². The van der Waals surface area contributed by atoms with Gasteiger partial charge in [-0.25, -0.2) is 0 Å². The van der Waals surface area contributed by atoms with Crippen molar-refractivity contribution in [1.29, 1.82) is 0 Å². The monoisotopic (exact) mass is 108 g/mol. The molecule has 1 heteroatoms. The van der Waals surface area contributed by atoms with Gasteiger partial charge in [0, 0.05) is 5.71 Å². The van der Waals surface area contributed by atoms with Gasteiger partial charge in [-0.15, -0.1) is 0 Å². The summed E-state index contributed by atoms with van der Waals surface area (Å²) in [7, 11) is 0. The van der Waals surface area contributed by atoms with Gasteiger partial charge in [-0.3, -0.25) is 4.99 Å². The van der Waals surface area contributed by atoms with Crippen molar-refractivity contribution in [3.8, 4) is 0 Å². The first kappa shape index (κ1) is 5.54. The molecule has 1 aliphatic rings. The first-order chi connectivity index (χ1) is 3.70. The Morgan fingerprint density at radius 2 is 1.88 bits per heavy atom. The first-order valence-corrected chi connectivity index (χ1v) is 2.77. The fourth-order valence-electron chi connectivity index (χ4n) is 0.803. The molecule has 0 fully saturated rings. The average Bonchev–Trinajstić information content (AvgIpc) is 1.85. The van der Waals surface area contributed by atoms with E-state index in [1.165, 1.54) is 5.57 Å². The Kier molecular flexibility index (Phi) is 1.20. The topological polar surface area (TPSA) is 12.4 Å². The normalized spacial score (nSPS) is 20.9. The molecule has 43 valence electrons. The average molecular weight is 108 g/mol. The van der Waals surface area contributed by atoms with Gasteiger partial charge in [-0.2, -0.15) is 0 Å². The summed E-state index contributed by atoms with van der Waals surface area (Å²) in [4.78, 5) is 4.21. The van der Waals surface area contributed by atoms with E-state index in [0.29, 0.717) is 0 Å². The van der Waals surface area contributed by atoms with Crippen molar-refractivity contribution in [1.82, 2.24) is 0 Å². The van der Waals surface area contributed by atoms with Crippen molar-refractivity contribution in [2.24, 2.45) is 4.99 Å². The van der Waals surface area contributed by atoms with Gasteiger partial charge in [-0.05, 0) is 32.4 Å². The Morgan fingerprint density at radius 3 is 2.00 bits per heavy atom. The van der Waals surface area contributed by atoms with E-state index in [1.54, 1.807) is 0 Å². The fourth-order valence-corrected chi connectivity index (χ4v) is 0.803. The van der Waals surface area contributed by atoms with Gasteiger partial charge in [0.1, 0.15) is 6.04 Å². The van der Waals surface area contributed by atoms with E-state index in [0.717, 1.165) is 11.8 Å². The van der Waals surface area contributed by atoms with Crippen LogP contribution in [0.25, 0.3) is 0 Å². The summed E-state index contributed by atoms with van der Waals surface area (Å²) in [6.07, 6.45) is 2.09. The van der Waals surface area contributed by atoms with Crippen LogP contribution < -0.4 is 0 Å². The molecule has 1 nitrogen and oxygen atoms in total. The van der Waals surface area contributed by atoms with E-state index >= 15 is 0 Å². The molecule has 1 rings (SSSR count). The maximum Gasteiger partial charge on any atom is 0.105 e. The predicted octanol–water partition coefficient (Wildman–Crippen LogP) is 1.96. The van der Waals surface area contributed by atoms with Crippen LogP contribution in [0.2, 0.25) is 0 Å². The van der Waals surface area contributed by atoms with Gasteiger partial charge in [-0.1, -0.05) is 0 Å². The zero-order chi connectivity index (χ0) is 6.15. The zero-order valence-corrected chi connectivity index (χ0v) is 5.52. The van der Waals surface area contributed by atoms with Crippen LogP contribution in [0.5, 0.6) is 0 Å². The fraction of sp³-hybridized carbons (Fsp3) is 0.429. The summed E-state index contributed by atoms with van der Waals surface area (Å²) in [6.45, 7) is 6.12. The molecule has 0 spiro atoms. The molecule has 0 saturated carbocycles. The number of hydrogen-bond donors (Lipinski definition) is 0. The molecule has 0 aliphatic carbocycles. The minimum absolute atomic E-state index is 1.13. The highest BCUT2D eigenvalue weighted by atomic mass is 14.8. The predicted molar refractivity (Wildman–Crippen MR) is 35.8 cm³/mol. The summed E-state index contributed by atoms with van der Waals surface area (Å²) in [5, 5.41) is 0. The standard InChI is InChI=1S/C7H10N/c1-5-4-6(2)8-7(5)3/h4H,1-3H3. The van der Waals surface area contributed by atoms with Gasteiger partial charge >= 0.3 is 0 Å². The summed E-state index contributed by atoms with van der Waals surface area (Å²) in [5.41, 5.74) is 2.45. The molecular formula is C7H10N. The Labute approximate surface area is 50.1 Å². The molecular weight excluding hydrogens is 98.1 g/mol. The van der Waals surface area contributed by atoms with E-state index in [1.807, 2.05) is 13.8 Å². The van der Waals surface area contributed by atoms with Gasteiger partial charge in [0.05, 0.1) is 0 Å². The van der Waals surface area contributed by atoms with Crippen molar-refractivity contribution in [2.75, 3.05) is 0 Å². The minimum Gasteiger partial charge on any atom is -0.276 e. The third-order valence-electron chi connectivity index (χ3n) is 1.34. The maximum atomic E-state index is 4.21. The van der Waals surface area contributed by atoms with E-state index < -0.39 is 0 Å². The number of allylic oxidation sites excluding steroid dienone is 1. The molecule has 1 radical (unpaired) electrons. The van der Waals surface area contributed by atoms with Crippen molar-refractivity contribution >= 4 is 5.71 Å². The van der Waals surface area contributed by atoms with Crippen LogP contribution in [0.3, 0.4) is 0 Å². The number of rotatable bonds is 0. The molecule has 0 bridgehead atoms. The molecule has 8 heavy (non-hydrogen) atoms. The lowest BCUT2D eigenvalue weighted by Crippen LogP contribution is -1.84. The van der Waals surface area contributed by atoms with Crippen LogP contribution >= 0.6 is 0 Å². The van der Waals surface area contributed by atoms with Gasteiger partial charge < -0.3 is 0 Å². The highest BCUT2D eigenvalue weighted by Gasteiger charge is 2.06. The lowest BCUT2D eigenvalue weighted by atomic mass is 10.2. The van der Waals surface area contributed by atoms with E-state index in [4.69, 9.17) is 0 Å². The Bertz CT molecular complexity index is 136. The quantitative estimate of drug-likeness (QED) is 0.450. The molecule has 0 atom stereocenters. The Morgan fingerprint density at radius 1 is 1.25 bits per heavy atom. The third kappa shape index (κ3) is 0.808. The molecule has 0 aromatic heterocycles. The summed E-state index contributed by atoms with van der Waals surface area (Å²) >= 11 is 0. The zero-order valence-electron chi connectivity index (χ0n) is 5.52. The molecule has 0 amide bonds. The van der Waals surface area contributed by atoms with Crippen molar-refractivity contribution < 1.29 is 0 Å². The molecule has 1 heterocycles. The molecule has 0 N–H and O–H groups in total. The molecule has 0 saturated heterocycles. The van der Waals surface area contributed by atoms with Crippen LogP contribution in [0.1, 0.15) is 20.8 Å². The van der Waals surface area contributed by atoms with Crippen LogP contribution in [0.4, 0.5) is 0 Å². The van der Waals surface area contributed by atoms with Crippen molar-refractivity contribution in [2.45, 2.75) is 20.8 Å². The van der Waals surface area contributed by atoms with Crippen LogP contribution in [0, 0.1) is 6.04 Å². The lowest BCUT2D eigenvalue weighted by molar-refractivity contribution is 1.16. The lowest BCUT2D eigenvalue weighted by Gasteiger charge is -1.86. The molecule has 1 aliphatic heterocycles. The third-order valence-corrected chi connectivity index (χ3v) is 1.34. The Balaban J connectivity index is 2.82. The number of hydrogen-bond acceptors (Lipinski definition) is 1. The second kappa shape index (κ2) is 1.73. The van der Waals surface area contributed by atoms with Gasteiger partial charge in [0.25, 0.3) is 0 Å². The summed E-state index contributed by atoms with van der Waals surface area (Å²) in [6, 6.07) is 1.13. The molecule has 0 aromatic carbocycles. The number of aliphatic imine (C=N–C) groups is 1.